The van der Waals surface area contributed by atoms with E-state index < -0.39 is 0 Å². The molecule has 0 aromatic heterocycles. The van der Waals surface area contributed by atoms with Gasteiger partial charge in [-0.15, -0.1) is 0 Å². The van der Waals surface area contributed by atoms with E-state index in [1.165, 1.54) is 0 Å². The van der Waals surface area contributed by atoms with Crippen molar-refractivity contribution in [3.05, 3.63) is 72.3 Å². The number of hydrogen-bond donors (Lipinski definition) is 2. The molecular formula is C24H25N3O2. The molecule has 0 heterocycles. The first-order valence-electron chi connectivity index (χ1n) is 10.00. The first-order valence-corrected chi connectivity index (χ1v) is 10.00. The van der Waals surface area contributed by atoms with Crippen molar-refractivity contribution < 1.29 is 9.59 Å². The summed E-state index contributed by atoms with van der Waals surface area (Å²) in [4.78, 5) is 27.3. The van der Waals surface area contributed by atoms with E-state index in [0.29, 0.717) is 24.3 Å². The fourth-order valence-electron chi connectivity index (χ4n) is 3.36. The molecule has 0 unspecified atom stereocenters. The van der Waals surface area contributed by atoms with E-state index in [-0.39, 0.29) is 17.7 Å². The lowest BCUT2D eigenvalue weighted by Crippen LogP contribution is -2.33. The number of hydrogen-bond acceptors (Lipinski definition) is 3. The van der Waals surface area contributed by atoms with Crippen molar-refractivity contribution in [3.8, 4) is 0 Å². The maximum atomic E-state index is 12.9. The van der Waals surface area contributed by atoms with Gasteiger partial charge in [0.05, 0.1) is 11.3 Å². The first kappa shape index (κ1) is 19.0. The zero-order valence-electron chi connectivity index (χ0n) is 16.5. The summed E-state index contributed by atoms with van der Waals surface area (Å²) in [7, 11) is 2.00. The molecule has 0 radical (unpaired) electrons. The van der Waals surface area contributed by atoms with Crippen molar-refractivity contribution in [2.45, 2.75) is 12.8 Å². The zero-order chi connectivity index (χ0) is 20.2. The van der Waals surface area contributed by atoms with Gasteiger partial charge in [0.15, 0.2) is 0 Å². The van der Waals surface area contributed by atoms with Gasteiger partial charge in [-0.05, 0) is 47.9 Å². The molecule has 1 aliphatic carbocycles. The zero-order valence-corrected chi connectivity index (χ0v) is 16.5. The number of carbonyl (C=O) groups is 2. The Hall–Kier alpha value is -3.34. The number of amides is 2. The molecule has 3 aromatic rings. The molecule has 0 saturated heterocycles. The monoisotopic (exact) mass is 387 g/mol. The van der Waals surface area contributed by atoms with Crippen molar-refractivity contribution in [3.63, 3.8) is 0 Å². The Morgan fingerprint density at radius 2 is 1.62 bits per heavy atom. The predicted octanol–water partition coefficient (Wildman–Crippen LogP) is 4.05. The number of nitrogens with zero attached hydrogens (tertiary/aromatic N) is 1. The van der Waals surface area contributed by atoms with Gasteiger partial charge in [-0.2, -0.15) is 0 Å². The van der Waals surface area contributed by atoms with Gasteiger partial charge in [0.2, 0.25) is 5.91 Å². The Labute approximate surface area is 170 Å². The van der Waals surface area contributed by atoms with Crippen LogP contribution >= 0.6 is 0 Å². The highest BCUT2D eigenvalue weighted by molar-refractivity contribution is 6.08. The molecule has 1 aliphatic rings. The molecule has 0 atom stereocenters. The number of fused-ring (bicyclic) bond motifs is 1. The molecule has 29 heavy (non-hydrogen) atoms. The van der Waals surface area contributed by atoms with Crippen LogP contribution in [0.15, 0.2) is 66.7 Å². The number of benzene rings is 3. The number of rotatable bonds is 7. The normalized spacial score (nSPS) is 13.1. The summed E-state index contributed by atoms with van der Waals surface area (Å²) in [6.45, 7) is 1.19. The fourth-order valence-corrected chi connectivity index (χ4v) is 3.36. The Morgan fingerprint density at radius 3 is 2.31 bits per heavy atom. The van der Waals surface area contributed by atoms with E-state index in [1.807, 2.05) is 73.8 Å². The Balaban J connectivity index is 1.48. The topological polar surface area (TPSA) is 61.4 Å². The van der Waals surface area contributed by atoms with Crippen LogP contribution in [0.25, 0.3) is 10.8 Å². The highest BCUT2D eigenvalue weighted by atomic mass is 16.2. The molecule has 5 heteroatoms. The minimum atomic E-state index is -0.177. The van der Waals surface area contributed by atoms with Crippen LogP contribution in [0.2, 0.25) is 0 Å². The Morgan fingerprint density at radius 1 is 0.966 bits per heavy atom. The molecule has 0 spiro atoms. The third-order valence-corrected chi connectivity index (χ3v) is 5.27. The second-order valence-electron chi connectivity index (χ2n) is 7.52. The quantitative estimate of drug-likeness (QED) is 0.643. The average molecular weight is 387 g/mol. The Bertz CT molecular complexity index is 1030. The van der Waals surface area contributed by atoms with E-state index in [9.17, 15) is 9.59 Å². The van der Waals surface area contributed by atoms with E-state index in [1.54, 1.807) is 0 Å². The minimum Gasteiger partial charge on any atom is -0.373 e. The average Bonchev–Trinajstić information content (AvgIpc) is 3.59. The number of nitrogens with one attached hydrogen (secondary N) is 2. The molecule has 5 nitrogen and oxygen atoms in total. The lowest BCUT2D eigenvalue weighted by atomic mass is 10.0. The first-order chi connectivity index (χ1) is 14.1. The highest BCUT2D eigenvalue weighted by Crippen LogP contribution is 2.32. The van der Waals surface area contributed by atoms with Crippen LogP contribution in [0.3, 0.4) is 0 Å². The Kier molecular flexibility index (Phi) is 5.47. The number of anilines is 2. The lowest BCUT2D eigenvalue weighted by Gasteiger charge is -2.20. The van der Waals surface area contributed by atoms with Crippen molar-refractivity contribution in [2.75, 3.05) is 30.4 Å². The van der Waals surface area contributed by atoms with Gasteiger partial charge in [0.25, 0.3) is 5.91 Å². The standard InChI is InChI=1S/C24H25N3O2/c1-27(20-9-3-2-4-10-20)14-13-25-24(29)21-15-18-7-5-6-8-19(18)16-22(21)26-23(28)17-11-12-17/h2-10,15-17H,11-14H2,1H3,(H,25,29)(H,26,28). The number of likely N-dealkylation sites (N-methyl/N-ethyl adjacent to an activating group) is 1. The molecule has 1 fully saturated rings. The van der Waals surface area contributed by atoms with Crippen LogP contribution in [0, 0.1) is 5.92 Å². The van der Waals surface area contributed by atoms with Gasteiger partial charge >= 0.3 is 0 Å². The molecule has 1 saturated carbocycles. The summed E-state index contributed by atoms with van der Waals surface area (Å²) >= 11 is 0. The molecule has 4 rings (SSSR count). The third kappa shape index (κ3) is 4.57. The van der Waals surface area contributed by atoms with E-state index in [4.69, 9.17) is 0 Å². The summed E-state index contributed by atoms with van der Waals surface area (Å²) in [5, 5.41) is 7.93. The summed E-state index contributed by atoms with van der Waals surface area (Å²) in [5.74, 6) is -0.0987. The van der Waals surface area contributed by atoms with Gasteiger partial charge in [-0.3, -0.25) is 9.59 Å². The fraction of sp³-hybridized carbons (Fsp3) is 0.250. The summed E-state index contributed by atoms with van der Waals surface area (Å²) in [6.07, 6.45) is 1.85. The maximum Gasteiger partial charge on any atom is 0.253 e. The molecule has 3 aromatic carbocycles. The second kappa shape index (κ2) is 8.35. The molecule has 0 bridgehead atoms. The summed E-state index contributed by atoms with van der Waals surface area (Å²) in [6, 6.07) is 21.6. The SMILES string of the molecule is CN(CCNC(=O)c1cc2ccccc2cc1NC(=O)C1CC1)c1ccccc1. The van der Waals surface area contributed by atoms with Gasteiger partial charge in [0.1, 0.15) is 0 Å². The van der Waals surface area contributed by atoms with Gasteiger partial charge in [0, 0.05) is 31.7 Å². The summed E-state index contributed by atoms with van der Waals surface area (Å²) < 4.78 is 0. The van der Waals surface area contributed by atoms with E-state index >= 15 is 0 Å². The van der Waals surface area contributed by atoms with Crippen molar-refractivity contribution in [1.82, 2.24) is 5.32 Å². The largest absolute Gasteiger partial charge is 0.373 e. The van der Waals surface area contributed by atoms with Crippen LogP contribution in [0.5, 0.6) is 0 Å². The van der Waals surface area contributed by atoms with E-state index in [2.05, 4.69) is 15.5 Å². The van der Waals surface area contributed by atoms with Gasteiger partial charge < -0.3 is 15.5 Å². The highest BCUT2D eigenvalue weighted by Gasteiger charge is 2.30. The van der Waals surface area contributed by atoms with Crippen molar-refractivity contribution in [2.24, 2.45) is 5.92 Å². The molecule has 2 amide bonds. The third-order valence-electron chi connectivity index (χ3n) is 5.27. The molecule has 0 aliphatic heterocycles. The molecule has 2 N–H and O–H groups in total. The summed E-state index contributed by atoms with van der Waals surface area (Å²) in [5.41, 5.74) is 2.18. The van der Waals surface area contributed by atoms with Crippen molar-refractivity contribution in [1.29, 1.82) is 0 Å². The van der Waals surface area contributed by atoms with Gasteiger partial charge in [-0.1, -0.05) is 42.5 Å². The van der Waals surface area contributed by atoms with Crippen LogP contribution < -0.4 is 15.5 Å². The minimum absolute atomic E-state index is 0.00172. The van der Waals surface area contributed by atoms with Crippen LogP contribution in [-0.4, -0.2) is 32.0 Å². The maximum absolute atomic E-state index is 12.9. The lowest BCUT2D eigenvalue weighted by molar-refractivity contribution is -0.117. The smallest absolute Gasteiger partial charge is 0.253 e. The molecule has 148 valence electrons. The van der Waals surface area contributed by atoms with E-state index in [0.717, 1.165) is 29.3 Å². The number of para-hydroxylation sites is 1. The molecular weight excluding hydrogens is 362 g/mol. The van der Waals surface area contributed by atoms with Crippen LogP contribution in [-0.2, 0) is 4.79 Å². The van der Waals surface area contributed by atoms with Crippen LogP contribution in [0.1, 0.15) is 23.2 Å². The van der Waals surface area contributed by atoms with Gasteiger partial charge in [-0.25, -0.2) is 0 Å². The predicted molar refractivity (Wildman–Crippen MR) is 117 cm³/mol. The van der Waals surface area contributed by atoms with Crippen molar-refractivity contribution >= 4 is 34.0 Å². The number of carbonyl (C=O) groups excluding carboxylic acids is 2. The second-order valence-corrected chi connectivity index (χ2v) is 7.52. The van der Waals surface area contributed by atoms with Crippen LogP contribution in [0.4, 0.5) is 11.4 Å².